The van der Waals surface area contributed by atoms with E-state index in [-0.39, 0.29) is 36.8 Å². The molecule has 2 aliphatic rings. The number of hydrogen-bond donors (Lipinski definition) is 2. The maximum atomic E-state index is 11.7. The summed E-state index contributed by atoms with van der Waals surface area (Å²) in [6, 6.07) is 0.0362. The lowest BCUT2D eigenvalue weighted by Crippen LogP contribution is -2.43. The first-order valence-corrected chi connectivity index (χ1v) is 6.68. The number of hydrogen-bond acceptors (Lipinski definition) is 4. The van der Waals surface area contributed by atoms with E-state index in [0.29, 0.717) is 5.92 Å². The fraction of sp³-hybridized carbons (Fsp3) is 0.900. The Hall–Kier alpha value is 0.320. The van der Waals surface area contributed by atoms with Crippen LogP contribution in [-0.4, -0.2) is 55.2 Å². The average molecular weight is 302 g/mol. The quantitative estimate of drug-likeness (QED) is 0.800. The number of rotatable bonds is 3. The first kappa shape index (κ1) is 17.3. The Morgan fingerprint density at radius 2 is 2.29 bits per heavy atom. The largest absolute Gasteiger partial charge is 0.354 e. The molecule has 0 spiro atoms. The molecule has 0 aliphatic carbocycles. The monoisotopic (exact) mass is 301 g/mol. The van der Waals surface area contributed by atoms with E-state index in [9.17, 15) is 4.79 Å². The number of amides is 1. The molecule has 2 atom stereocenters. The van der Waals surface area contributed by atoms with Gasteiger partial charge in [0.15, 0.2) is 0 Å². The molecule has 2 fully saturated rings. The number of carbonyl (C=O) groups excluding carboxylic acids is 1. The summed E-state index contributed by atoms with van der Waals surface area (Å²) in [5.41, 5.74) is 0. The zero-order valence-corrected chi connectivity index (χ0v) is 12.4. The number of carbonyl (C=O) groups is 1. The van der Waals surface area contributed by atoms with Crippen molar-refractivity contribution in [3.63, 3.8) is 0 Å². The maximum absolute atomic E-state index is 11.7. The summed E-state index contributed by atoms with van der Waals surface area (Å²) < 4.78 is 0. The van der Waals surface area contributed by atoms with Gasteiger partial charge >= 0.3 is 0 Å². The molecule has 7 heteroatoms. The van der Waals surface area contributed by atoms with Gasteiger partial charge in [-0.1, -0.05) is 0 Å². The average Bonchev–Trinajstić information content (AvgIpc) is 2.84. The van der Waals surface area contributed by atoms with E-state index in [4.69, 9.17) is 0 Å². The molecule has 2 rings (SSSR count). The van der Waals surface area contributed by atoms with E-state index in [0.717, 1.165) is 31.3 Å². The third kappa shape index (κ3) is 5.22. The highest BCUT2D eigenvalue weighted by Crippen LogP contribution is 2.13. The van der Waals surface area contributed by atoms with E-state index in [1.54, 1.807) is 11.8 Å². The summed E-state index contributed by atoms with van der Waals surface area (Å²) in [6.07, 6.45) is 1.21. The van der Waals surface area contributed by atoms with Crippen molar-refractivity contribution in [1.29, 1.82) is 0 Å². The molecule has 2 N–H and O–H groups in total. The molecule has 4 nitrogen and oxygen atoms in total. The second kappa shape index (κ2) is 8.43. The Morgan fingerprint density at radius 1 is 1.53 bits per heavy atom. The molecule has 0 aromatic rings. The van der Waals surface area contributed by atoms with Gasteiger partial charge in [0, 0.05) is 24.7 Å². The molecular formula is C10H21Cl2N3OS. The first-order valence-electron chi connectivity index (χ1n) is 5.53. The van der Waals surface area contributed by atoms with Crippen LogP contribution in [0.2, 0.25) is 0 Å². The Balaban J connectivity index is 0.00000128. The summed E-state index contributed by atoms with van der Waals surface area (Å²) in [5.74, 6) is 2.64. The van der Waals surface area contributed by atoms with Crippen LogP contribution in [0.5, 0.6) is 0 Å². The highest BCUT2D eigenvalue weighted by molar-refractivity contribution is 7.99. The van der Waals surface area contributed by atoms with E-state index in [1.807, 2.05) is 0 Å². The van der Waals surface area contributed by atoms with Gasteiger partial charge in [-0.25, -0.2) is 0 Å². The predicted octanol–water partition coefficient (Wildman–Crippen LogP) is 0.560. The second-order valence-corrected chi connectivity index (χ2v) is 5.46. The van der Waals surface area contributed by atoms with Gasteiger partial charge in [0.2, 0.25) is 5.91 Å². The zero-order chi connectivity index (χ0) is 10.7. The number of nitrogens with zero attached hydrogens (tertiary/aromatic N) is 1. The van der Waals surface area contributed by atoms with Crippen molar-refractivity contribution >= 4 is 42.5 Å². The summed E-state index contributed by atoms with van der Waals surface area (Å²) in [6.45, 7) is 3.12. The zero-order valence-electron chi connectivity index (χ0n) is 9.98. The number of halogens is 2. The van der Waals surface area contributed by atoms with Crippen molar-refractivity contribution in [2.75, 3.05) is 38.3 Å². The Morgan fingerprint density at radius 3 is 2.82 bits per heavy atom. The lowest BCUT2D eigenvalue weighted by Gasteiger charge is -2.14. The molecule has 0 aromatic heterocycles. The van der Waals surface area contributed by atoms with Crippen LogP contribution >= 0.6 is 36.6 Å². The molecule has 0 radical (unpaired) electrons. The molecule has 2 unspecified atom stereocenters. The molecule has 1 amide bonds. The SMILES string of the molecule is CN1CCC(CNC(=O)C2CSCN2)C1.Cl.Cl. The van der Waals surface area contributed by atoms with Crippen LogP contribution in [0, 0.1) is 5.92 Å². The Kier molecular flexibility index (Phi) is 8.59. The first-order chi connectivity index (χ1) is 7.25. The summed E-state index contributed by atoms with van der Waals surface area (Å²) in [4.78, 5) is 14.0. The lowest BCUT2D eigenvalue weighted by molar-refractivity contribution is -0.122. The number of nitrogens with one attached hydrogen (secondary N) is 2. The van der Waals surface area contributed by atoms with Crippen molar-refractivity contribution in [1.82, 2.24) is 15.5 Å². The standard InChI is InChI=1S/C10H19N3OS.2ClH/c1-13-3-2-8(5-13)4-11-10(14)9-6-15-7-12-9;;/h8-9,12H,2-7H2,1H3,(H,11,14);2*1H. The van der Waals surface area contributed by atoms with Gasteiger partial charge in [-0.05, 0) is 25.9 Å². The number of likely N-dealkylation sites (tertiary alicyclic amines) is 1. The van der Waals surface area contributed by atoms with Gasteiger partial charge in [-0.3, -0.25) is 10.1 Å². The molecule has 2 aliphatic heterocycles. The van der Waals surface area contributed by atoms with Gasteiger partial charge in [-0.2, -0.15) is 0 Å². The van der Waals surface area contributed by atoms with Crippen LogP contribution < -0.4 is 10.6 Å². The van der Waals surface area contributed by atoms with Crippen LogP contribution in [0.1, 0.15) is 6.42 Å². The minimum Gasteiger partial charge on any atom is -0.354 e. The van der Waals surface area contributed by atoms with Gasteiger partial charge < -0.3 is 10.2 Å². The Bertz CT molecular complexity index is 240. The van der Waals surface area contributed by atoms with Crippen LogP contribution in [0.3, 0.4) is 0 Å². The third-order valence-corrected chi connectivity index (χ3v) is 4.03. The summed E-state index contributed by atoms with van der Waals surface area (Å²) in [5, 5.41) is 6.23. The minimum atomic E-state index is 0. The van der Waals surface area contributed by atoms with Crippen molar-refractivity contribution in [2.24, 2.45) is 5.92 Å². The van der Waals surface area contributed by atoms with Crippen LogP contribution in [0.15, 0.2) is 0 Å². The smallest absolute Gasteiger partial charge is 0.238 e. The molecule has 0 aromatic carbocycles. The highest BCUT2D eigenvalue weighted by Gasteiger charge is 2.24. The fourth-order valence-corrected chi connectivity index (χ4v) is 3.07. The minimum absolute atomic E-state index is 0. The van der Waals surface area contributed by atoms with E-state index >= 15 is 0 Å². The molecule has 102 valence electrons. The van der Waals surface area contributed by atoms with Gasteiger partial charge in [0.05, 0.1) is 6.04 Å². The predicted molar refractivity (Wildman–Crippen MR) is 77.4 cm³/mol. The van der Waals surface area contributed by atoms with E-state index < -0.39 is 0 Å². The molecule has 17 heavy (non-hydrogen) atoms. The van der Waals surface area contributed by atoms with Gasteiger partial charge in [0.1, 0.15) is 0 Å². The van der Waals surface area contributed by atoms with Crippen LogP contribution in [0.25, 0.3) is 0 Å². The fourth-order valence-electron chi connectivity index (χ4n) is 2.12. The maximum Gasteiger partial charge on any atom is 0.238 e. The topological polar surface area (TPSA) is 44.4 Å². The van der Waals surface area contributed by atoms with Crippen molar-refractivity contribution in [3.05, 3.63) is 0 Å². The third-order valence-electron chi connectivity index (χ3n) is 3.09. The van der Waals surface area contributed by atoms with Crippen molar-refractivity contribution in [3.8, 4) is 0 Å². The molecule has 2 saturated heterocycles. The Labute approximate surface area is 119 Å². The van der Waals surface area contributed by atoms with Gasteiger partial charge in [0.25, 0.3) is 0 Å². The molecule has 2 heterocycles. The van der Waals surface area contributed by atoms with Crippen molar-refractivity contribution < 1.29 is 4.79 Å². The molecule has 0 saturated carbocycles. The van der Waals surface area contributed by atoms with E-state index in [1.165, 1.54) is 6.42 Å². The highest BCUT2D eigenvalue weighted by atomic mass is 35.5. The summed E-state index contributed by atoms with van der Waals surface area (Å²) in [7, 11) is 2.14. The van der Waals surface area contributed by atoms with E-state index in [2.05, 4.69) is 22.6 Å². The number of thioether (sulfide) groups is 1. The van der Waals surface area contributed by atoms with Crippen LogP contribution in [0.4, 0.5) is 0 Å². The lowest BCUT2D eigenvalue weighted by atomic mass is 10.1. The normalized spacial score (nSPS) is 28.3. The van der Waals surface area contributed by atoms with Gasteiger partial charge in [-0.15, -0.1) is 36.6 Å². The van der Waals surface area contributed by atoms with Crippen molar-refractivity contribution in [2.45, 2.75) is 12.5 Å². The molecule has 0 bridgehead atoms. The summed E-state index contributed by atoms with van der Waals surface area (Å²) >= 11 is 1.79. The molecular weight excluding hydrogens is 281 g/mol. The second-order valence-electron chi connectivity index (χ2n) is 4.43. The van der Waals surface area contributed by atoms with Crippen LogP contribution in [-0.2, 0) is 4.79 Å².